The maximum atomic E-state index is 12.4. The van der Waals surface area contributed by atoms with Gasteiger partial charge in [0.05, 0.1) is 16.3 Å². The molecule has 4 heteroatoms. The Labute approximate surface area is 127 Å². The Hall–Kier alpha value is -1.32. The van der Waals surface area contributed by atoms with Gasteiger partial charge < -0.3 is 5.32 Å². The van der Waals surface area contributed by atoms with E-state index in [1.807, 2.05) is 23.6 Å². The van der Waals surface area contributed by atoms with Crippen molar-refractivity contribution in [1.82, 2.24) is 0 Å². The molecular weight excluding hydrogens is 290 g/mol. The van der Waals surface area contributed by atoms with Crippen molar-refractivity contribution in [2.24, 2.45) is 5.92 Å². The first-order chi connectivity index (χ1) is 9.65. The zero-order valence-electron chi connectivity index (χ0n) is 11.3. The average Bonchev–Trinajstić information content (AvgIpc) is 2.84. The quantitative estimate of drug-likeness (QED) is 0.850. The Kier molecular flexibility index (Phi) is 3.81. The third-order valence-electron chi connectivity index (χ3n) is 3.77. The first-order valence-electron chi connectivity index (χ1n) is 6.80. The van der Waals surface area contributed by atoms with Gasteiger partial charge in [0.15, 0.2) is 0 Å². The van der Waals surface area contributed by atoms with Gasteiger partial charge in [0.2, 0.25) is 0 Å². The lowest BCUT2D eigenvalue weighted by Crippen LogP contribution is -2.16. The normalized spacial score (nSPS) is 17.6. The highest BCUT2D eigenvalue weighted by atomic mass is 35.5. The summed E-state index contributed by atoms with van der Waals surface area (Å²) in [6.07, 6.45) is 3.26. The van der Waals surface area contributed by atoms with Gasteiger partial charge in [-0.3, -0.25) is 4.79 Å². The minimum atomic E-state index is -0.0508. The number of para-hydroxylation sites is 1. The summed E-state index contributed by atoms with van der Waals surface area (Å²) in [4.78, 5) is 13.8. The summed E-state index contributed by atoms with van der Waals surface area (Å²) < 4.78 is 0. The van der Waals surface area contributed by atoms with E-state index in [4.69, 9.17) is 11.6 Å². The summed E-state index contributed by atoms with van der Waals surface area (Å²) in [5.74, 6) is 0.672. The van der Waals surface area contributed by atoms with E-state index in [2.05, 4.69) is 12.2 Å². The summed E-state index contributed by atoms with van der Waals surface area (Å²) in [6, 6.07) is 7.32. The van der Waals surface area contributed by atoms with Crippen LogP contribution < -0.4 is 5.32 Å². The van der Waals surface area contributed by atoms with E-state index in [0.717, 1.165) is 30.7 Å². The zero-order chi connectivity index (χ0) is 14.1. The van der Waals surface area contributed by atoms with Crippen molar-refractivity contribution in [3.05, 3.63) is 50.7 Å². The number of halogens is 1. The molecule has 0 radical (unpaired) electrons. The first kappa shape index (κ1) is 13.7. The van der Waals surface area contributed by atoms with Crippen LogP contribution in [-0.4, -0.2) is 5.91 Å². The molecule has 0 bridgehead atoms. The number of amides is 1. The SMILES string of the molecule is C[C@H]1CCc2c(C(=O)Nc3ccccc3Cl)csc2C1. The lowest BCUT2D eigenvalue weighted by atomic mass is 9.88. The average molecular weight is 306 g/mol. The highest BCUT2D eigenvalue weighted by Crippen LogP contribution is 2.33. The minimum absolute atomic E-state index is 0.0508. The summed E-state index contributed by atoms with van der Waals surface area (Å²) >= 11 is 7.79. The third-order valence-corrected chi connectivity index (χ3v) is 5.15. The molecule has 0 aliphatic heterocycles. The van der Waals surface area contributed by atoms with Crippen molar-refractivity contribution in [2.75, 3.05) is 5.32 Å². The van der Waals surface area contributed by atoms with E-state index < -0.39 is 0 Å². The molecule has 1 amide bonds. The molecule has 20 heavy (non-hydrogen) atoms. The second-order valence-corrected chi connectivity index (χ2v) is 6.70. The molecule has 1 atom stereocenters. The number of rotatable bonds is 2. The van der Waals surface area contributed by atoms with Crippen molar-refractivity contribution < 1.29 is 4.79 Å². The number of thiophene rings is 1. The number of carbonyl (C=O) groups is 1. The van der Waals surface area contributed by atoms with Crippen LogP contribution in [0.3, 0.4) is 0 Å². The van der Waals surface area contributed by atoms with Crippen LogP contribution in [0.25, 0.3) is 0 Å². The lowest BCUT2D eigenvalue weighted by Gasteiger charge is -2.18. The number of carbonyl (C=O) groups excluding carboxylic acids is 1. The number of fused-ring (bicyclic) bond motifs is 1. The van der Waals surface area contributed by atoms with Crippen LogP contribution in [0, 0.1) is 5.92 Å². The van der Waals surface area contributed by atoms with Crippen LogP contribution in [0.1, 0.15) is 34.1 Å². The van der Waals surface area contributed by atoms with Gasteiger partial charge in [0, 0.05) is 10.3 Å². The van der Waals surface area contributed by atoms with Crippen LogP contribution >= 0.6 is 22.9 Å². The fourth-order valence-electron chi connectivity index (χ4n) is 2.62. The van der Waals surface area contributed by atoms with Crippen molar-refractivity contribution in [3.63, 3.8) is 0 Å². The van der Waals surface area contributed by atoms with Gasteiger partial charge in [-0.2, -0.15) is 0 Å². The number of anilines is 1. The highest BCUT2D eigenvalue weighted by Gasteiger charge is 2.23. The van der Waals surface area contributed by atoms with E-state index >= 15 is 0 Å². The standard InChI is InChI=1S/C16H16ClNOS/c1-10-6-7-11-12(9-20-15(11)8-10)16(19)18-14-5-3-2-4-13(14)17/h2-5,9-10H,6-8H2,1H3,(H,18,19)/t10-/m0/s1. The second-order valence-electron chi connectivity index (χ2n) is 5.33. The maximum absolute atomic E-state index is 12.4. The topological polar surface area (TPSA) is 29.1 Å². The summed E-state index contributed by atoms with van der Waals surface area (Å²) in [7, 11) is 0. The molecule has 1 N–H and O–H groups in total. The van der Waals surface area contributed by atoms with Gasteiger partial charge in [-0.05, 0) is 42.9 Å². The van der Waals surface area contributed by atoms with Crippen molar-refractivity contribution in [2.45, 2.75) is 26.2 Å². The monoisotopic (exact) mass is 305 g/mol. The molecule has 1 aromatic carbocycles. The molecule has 1 aromatic heterocycles. The number of hydrogen-bond donors (Lipinski definition) is 1. The van der Waals surface area contributed by atoms with E-state index in [-0.39, 0.29) is 5.91 Å². The molecule has 0 fully saturated rings. The van der Waals surface area contributed by atoms with E-state index in [1.165, 1.54) is 10.4 Å². The number of benzene rings is 1. The van der Waals surface area contributed by atoms with Crippen molar-refractivity contribution >= 4 is 34.5 Å². The predicted molar refractivity (Wildman–Crippen MR) is 84.9 cm³/mol. The Balaban J connectivity index is 1.84. The van der Waals surface area contributed by atoms with E-state index in [1.54, 1.807) is 17.4 Å². The molecule has 0 saturated heterocycles. The number of hydrogen-bond acceptors (Lipinski definition) is 2. The van der Waals surface area contributed by atoms with Gasteiger partial charge >= 0.3 is 0 Å². The molecule has 2 aromatic rings. The molecule has 1 heterocycles. The molecule has 1 aliphatic carbocycles. The fraction of sp³-hybridized carbons (Fsp3) is 0.312. The van der Waals surface area contributed by atoms with Crippen LogP contribution in [0.5, 0.6) is 0 Å². The Bertz CT molecular complexity index is 650. The smallest absolute Gasteiger partial charge is 0.256 e. The predicted octanol–water partition coefficient (Wildman–Crippen LogP) is 4.78. The molecular formula is C16H16ClNOS. The molecule has 3 rings (SSSR count). The first-order valence-corrected chi connectivity index (χ1v) is 8.06. The second kappa shape index (κ2) is 5.58. The van der Waals surface area contributed by atoms with E-state index in [9.17, 15) is 4.79 Å². The van der Waals surface area contributed by atoms with Crippen molar-refractivity contribution in [1.29, 1.82) is 0 Å². The fourth-order valence-corrected chi connectivity index (χ4v) is 4.05. The molecule has 0 spiro atoms. The Morgan fingerprint density at radius 3 is 3.00 bits per heavy atom. The largest absolute Gasteiger partial charge is 0.321 e. The van der Waals surface area contributed by atoms with Gasteiger partial charge in [0.1, 0.15) is 0 Å². The lowest BCUT2D eigenvalue weighted by molar-refractivity contribution is 0.102. The third kappa shape index (κ3) is 2.60. The van der Waals surface area contributed by atoms with Crippen LogP contribution in [0.15, 0.2) is 29.6 Å². The molecule has 2 nitrogen and oxygen atoms in total. The summed E-state index contributed by atoms with van der Waals surface area (Å²) in [6.45, 7) is 2.27. The van der Waals surface area contributed by atoms with Crippen molar-refractivity contribution in [3.8, 4) is 0 Å². The van der Waals surface area contributed by atoms with Gasteiger partial charge in [-0.15, -0.1) is 11.3 Å². The summed E-state index contributed by atoms with van der Waals surface area (Å²) in [5.41, 5.74) is 2.72. The molecule has 104 valence electrons. The zero-order valence-corrected chi connectivity index (χ0v) is 12.9. The maximum Gasteiger partial charge on any atom is 0.256 e. The highest BCUT2D eigenvalue weighted by molar-refractivity contribution is 7.10. The minimum Gasteiger partial charge on any atom is -0.321 e. The van der Waals surface area contributed by atoms with Gasteiger partial charge in [0.25, 0.3) is 5.91 Å². The Morgan fingerprint density at radius 2 is 2.20 bits per heavy atom. The Morgan fingerprint density at radius 1 is 1.40 bits per heavy atom. The summed E-state index contributed by atoms with van der Waals surface area (Å²) in [5, 5.41) is 5.46. The van der Waals surface area contributed by atoms with Crippen LogP contribution in [0.2, 0.25) is 5.02 Å². The molecule has 0 unspecified atom stereocenters. The van der Waals surface area contributed by atoms with Gasteiger partial charge in [-0.1, -0.05) is 30.7 Å². The molecule has 1 aliphatic rings. The number of nitrogens with one attached hydrogen (secondary N) is 1. The van der Waals surface area contributed by atoms with Crippen LogP contribution in [0.4, 0.5) is 5.69 Å². The van der Waals surface area contributed by atoms with Gasteiger partial charge in [-0.25, -0.2) is 0 Å². The molecule has 0 saturated carbocycles. The van der Waals surface area contributed by atoms with E-state index in [0.29, 0.717) is 10.7 Å². The van der Waals surface area contributed by atoms with Crippen LogP contribution in [-0.2, 0) is 12.8 Å².